The largest absolute Gasteiger partial charge is 0.481 e. The Labute approximate surface area is 138 Å². The van der Waals surface area contributed by atoms with Crippen molar-refractivity contribution in [3.05, 3.63) is 29.8 Å². The van der Waals surface area contributed by atoms with Crippen LogP contribution >= 0.6 is 0 Å². The van der Waals surface area contributed by atoms with Crippen molar-refractivity contribution in [2.75, 3.05) is 0 Å². The first kappa shape index (κ1) is 15.0. The number of nitrogens with one attached hydrogen (secondary N) is 1. The quantitative estimate of drug-likeness (QED) is 0.917. The number of carbonyl (C=O) groups excluding carboxylic acids is 1. The highest BCUT2D eigenvalue weighted by molar-refractivity contribution is 5.81. The number of benzene rings is 1. The second kappa shape index (κ2) is 5.54. The van der Waals surface area contributed by atoms with Gasteiger partial charge in [-0.25, -0.2) is 0 Å². The fourth-order valence-corrected chi connectivity index (χ4v) is 5.56. The molecule has 1 aromatic carbocycles. The number of carbonyl (C=O) groups is 1. The van der Waals surface area contributed by atoms with Crippen molar-refractivity contribution in [2.45, 2.75) is 64.0 Å². The Kier molecular flexibility index (Phi) is 3.62. The van der Waals surface area contributed by atoms with E-state index in [9.17, 15) is 4.79 Å². The van der Waals surface area contributed by atoms with Crippen LogP contribution in [0, 0.1) is 24.7 Å². The molecule has 1 aromatic rings. The zero-order chi connectivity index (χ0) is 16.0. The summed E-state index contributed by atoms with van der Waals surface area (Å²) >= 11 is 0. The summed E-state index contributed by atoms with van der Waals surface area (Å²) in [6.45, 7) is 3.88. The Morgan fingerprint density at radius 3 is 2.26 bits per heavy atom. The fourth-order valence-electron chi connectivity index (χ4n) is 5.56. The van der Waals surface area contributed by atoms with Crippen molar-refractivity contribution in [3.63, 3.8) is 0 Å². The summed E-state index contributed by atoms with van der Waals surface area (Å²) < 4.78 is 5.91. The van der Waals surface area contributed by atoms with E-state index in [-0.39, 0.29) is 11.4 Å². The summed E-state index contributed by atoms with van der Waals surface area (Å²) in [6, 6.07) is 7.89. The van der Waals surface area contributed by atoms with Gasteiger partial charge in [-0.1, -0.05) is 18.2 Å². The predicted molar refractivity (Wildman–Crippen MR) is 90.3 cm³/mol. The van der Waals surface area contributed by atoms with Crippen LogP contribution in [0.2, 0.25) is 0 Å². The number of para-hydroxylation sites is 1. The highest BCUT2D eigenvalue weighted by Crippen LogP contribution is 2.55. The molecule has 4 saturated carbocycles. The zero-order valence-corrected chi connectivity index (χ0v) is 14.2. The number of hydrogen-bond acceptors (Lipinski definition) is 2. The first-order valence-electron chi connectivity index (χ1n) is 9.07. The molecule has 23 heavy (non-hydrogen) atoms. The average Bonchev–Trinajstić information content (AvgIpc) is 2.47. The summed E-state index contributed by atoms with van der Waals surface area (Å²) in [5.74, 6) is 3.38. The lowest BCUT2D eigenvalue weighted by Gasteiger charge is -2.57. The van der Waals surface area contributed by atoms with Gasteiger partial charge in [-0.15, -0.1) is 0 Å². The van der Waals surface area contributed by atoms with Gasteiger partial charge in [-0.3, -0.25) is 4.79 Å². The molecule has 4 aliphatic carbocycles. The van der Waals surface area contributed by atoms with E-state index in [1.54, 1.807) is 0 Å². The number of ether oxygens (including phenoxy) is 1. The molecular weight excluding hydrogens is 286 g/mol. The third-order valence-corrected chi connectivity index (χ3v) is 6.19. The Balaban J connectivity index is 1.42. The van der Waals surface area contributed by atoms with Crippen molar-refractivity contribution in [1.82, 2.24) is 5.32 Å². The van der Waals surface area contributed by atoms with Crippen LogP contribution in [0.1, 0.15) is 51.0 Å². The Morgan fingerprint density at radius 2 is 1.70 bits per heavy atom. The highest BCUT2D eigenvalue weighted by Gasteiger charge is 2.51. The SMILES string of the molecule is Cc1ccccc1OC(C)C(=O)NC12CC3CC(CC(C3)C1)C2. The molecule has 1 unspecified atom stereocenters. The lowest BCUT2D eigenvalue weighted by molar-refractivity contribution is -0.133. The van der Waals surface area contributed by atoms with Crippen molar-refractivity contribution < 1.29 is 9.53 Å². The minimum absolute atomic E-state index is 0.0511. The van der Waals surface area contributed by atoms with Crippen LogP contribution in [0.5, 0.6) is 5.75 Å². The highest BCUT2D eigenvalue weighted by atomic mass is 16.5. The van der Waals surface area contributed by atoms with Crippen LogP contribution in [-0.2, 0) is 4.79 Å². The Bertz CT molecular complexity index is 574. The summed E-state index contributed by atoms with van der Waals surface area (Å²) in [4.78, 5) is 12.7. The maximum Gasteiger partial charge on any atom is 0.261 e. The molecule has 4 fully saturated rings. The standard InChI is InChI=1S/C20H27NO2/c1-13-5-3-4-6-18(13)23-14(2)19(22)21-20-10-15-7-16(11-20)9-17(8-15)12-20/h3-6,14-17H,7-12H2,1-2H3,(H,21,22). The van der Waals surface area contributed by atoms with Gasteiger partial charge >= 0.3 is 0 Å². The zero-order valence-electron chi connectivity index (χ0n) is 14.2. The maximum atomic E-state index is 12.7. The number of hydrogen-bond donors (Lipinski definition) is 1. The molecular formula is C20H27NO2. The Hall–Kier alpha value is -1.51. The van der Waals surface area contributed by atoms with Gasteiger partial charge in [0.05, 0.1) is 0 Å². The molecule has 3 heteroatoms. The van der Waals surface area contributed by atoms with Crippen molar-refractivity contribution in [3.8, 4) is 5.75 Å². The molecule has 1 amide bonds. The van der Waals surface area contributed by atoms with E-state index < -0.39 is 6.10 Å². The van der Waals surface area contributed by atoms with E-state index in [1.165, 1.54) is 38.5 Å². The van der Waals surface area contributed by atoms with Gasteiger partial charge in [0.25, 0.3) is 5.91 Å². The number of amides is 1. The molecule has 0 aromatic heterocycles. The molecule has 0 aliphatic heterocycles. The minimum atomic E-state index is -0.441. The van der Waals surface area contributed by atoms with Crippen LogP contribution in [0.15, 0.2) is 24.3 Å². The molecule has 124 valence electrons. The smallest absolute Gasteiger partial charge is 0.261 e. The van der Waals surface area contributed by atoms with E-state index in [0.29, 0.717) is 0 Å². The molecule has 0 heterocycles. The van der Waals surface area contributed by atoms with Gasteiger partial charge in [0.1, 0.15) is 5.75 Å². The molecule has 4 bridgehead atoms. The van der Waals surface area contributed by atoms with Gasteiger partial charge in [-0.2, -0.15) is 0 Å². The molecule has 0 radical (unpaired) electrons. The second-order valence-corrected chi connectivity index (χ2v) is 8.21. The third-order valence-electron chi connectivity index (χ3n) is 6.19. The fraction of sp³-hybridized carbons (Fsp3) is 0.650. The Morgan fingerprint density at radius 1 is 1.13 bits per heavy atom. The summed E-state index contributed by atoms with van der Waals surface area (Å²) in [6.07, 6.45) is 7.29. The van der Waals surface area contributed by atoms with Crippen LogP contribution in [0.3, 0.4) is 0 Å². The van der Waals surface area contributed by atoms with Gasteiger partial charge in [-0.05, 0) is 81.8 Å². The lowest BCUT2D eigenvalue weighted by atomic mass is 9.53. The molecule has 1 N–H and O–H groups in total. The van der Waals surface area contributed by atoms with Gasteiger partial charge in [0, 0.05) is 5.54 Å². The van der Waals surface area contributed by atoms with Crippen LogP contribution < -0.4 is 10.1 Å². The van der Waals surface area contributed by atoms with Crippen molar-refractivity contribution in [1.29, 1.82) is 0 Å². The molecule has 4 aliphatic rings. The molecule has 0 spiro atoms. The van der Waals surface area contributed by atoms with Gasteiger partial charge in [0.15, 0.2) is 6.10 Å². The third kappa shape index (κ3) is 2.86. The second-order valence-electron chi connectivity index (χ2n) is 8.21. The monoisotopic (exact) mass is 313 g/mol. The van der Waals surface area contributed by atoms with Gasteiger partial charge < -0.3 is 10.1 Å². The van der Waals surface area contributed by atoms with Gasteiger partial charge in [0.2, 0.25) is 0 Å². The molecule has 5 rings (SSSR count). The summed E-state index contributed by atoms with van der Waals surface area (Å²) in [5, 5.41) is 3.40. The number of aryl methyl sites for hydroxylation is 1. The van der Waals surface area contributed by atoms with E-state index in [0.717, 1.165) is 29.1 Å². The van der Waals surface area contributed by atoms with Crippen LogP contribution in [0.25, 0.3) is 0 Å². The number of rotatable bonds is 4. The first-order valence-corrected chi connectivity index (χ1v) is 9.07. The normalized spacial score (nSPS) is 35.8. The van der Waals surface area contributed by atoms with Crippen LogP contribution in [0.4, 0.5) is 0 Å². The van der Waals surface area contributed by atoms with Crippen molar-refractivity contribution in [2.24, 2.45) is 17.8 Å². The lowest BCUT2D eigenvalue weighted by Crippen LogP contribution is -2.61. The minimum Gasteiger partial charge on any atom is -0.481 e. The topological polar surface area (TPSA) is 38.3 Å². The first-order chi connectivity index (χ1) is 11.0. The van der Waals surface area contributed by atoms with E-state index in [1.807, 2.05) is 38.1 Å². The van der Waals surface area contributed by atoms with E-state index in [4.69, 9.17) is 4.74 Å². The average molecular weight is 313 g/mol. The van der Waals surface area contributed by atoms with E-state index in [2.05, 4.69) is 5.32 Å². The summed E-state index contributed by atoms with van der Waals surface area (Å²) in [7, 11) is 0. The molecule has 3 nitrogen and oxygen atoms in total. The summed E-state index contributed by atoms with van der Waals surface area (Å²) in [5.41, 5.74) is 1.14. The van der Waals surface area contributed by atoms with Crippen molar-refractivity contribution >= 4 is 5.91 Å². The molecule has 0 saturated heterocycles. The van der Waals surface area contributed by atoms with Crippen LogP contribution in [-0.4, -0.2) is 17.6 Å². The molecule has 1 atom stereocenters. The van der Waals surface area contributed by atoms with E-state index >= 15 is 0 Å². The predicted octanol–water partition coefficient (Wildman–Crippen LogP) is 3.85. The maximum absolute atomic E-state index is 12.7.